The van der Waals surface area contributed by atoms with Crippen LogP contribution in [-0.4, -0.2) is 36.1 Å². The molecule has 9 heteroatoms. The van der Waals surface area contributed by atoms with E-state index in [-0.39, 0.29) is 24.3 Å². The van der Waals surface area contributed by atoms with Crippen LogP contribution in [0.3, 0.4) is 0 Å². The lowest BCUT2D eigenvalue weighted by atomic mass is 10.1. The van der Waals surface area contributed by atoms with Crippen molar-refractivity contribution in [3.8, 4) is 0 Å². The Morgan fingerprint density at radius 3 is 2.83 bits per heavy atom. The van der Waals surface area contributed by atoms with Crippen molar-refractivity contribution in [2.24, 2.45) is 0 Å². The Bertz CT molecular complexity index is 1100. The van der Waals surface area contributed by atoms with Gasteiger partial charge in [-0.25, -0.2) is 22.5 Å². The monoisotopic (exact) mass is 418 g/mol. The number of aromatic nitrogens is 2. The van der Waals surface area contributed by atoms with E-state index in [1.807, 2.05) is 12.1 Å². The van der Waals surface area contributed by atoms with E-state index in [1.165, 1.54) is 12.1 Å². The Kier molecular flexibility index (Phi) is 6.60. The maximum absolute atomic E-state index is 14.0. The summed E-state index contributed by atoms with van der Waals surface area (Å²) in [7, 11) is -3.66. The van der Waals surface area contributed by atoms with Crippen molar-refractivity contribution in [1.29, 1.82) is 0 Å². The Morgan fingerprint density at radius 1 is 1.28 bits per heavy atom. The fourth-order valence-corrected chi connectivity index (χ4v) is 4.29. The van der Waals surface area contributed by atoms with Crippen LogP contribution < -0.4 is 10.0 Å². The van der Waals surface area contributed by atoms with Gasteiger partial charge in [0.1, 0.15) is 17.5 Å². The second-order valence-electron chi connectivity index (χ2n) is 6.76. The number of hydrogen-bond acceptors (Lipinski definition) is 4. The summed E-state index contributed by atoms with van der Waals surface area (Å²) in [5, 5.41) is 3.63. The standard InChI is InChI=1S/C20H23FN4O3S/c1-2-9-29(27,28)25-18(11-15-5-3-4-6-17(15)21)20(26)24-13-14-10-16-7-8-22-19(16)23-12-14/h3-8,10,12,18,25H,2,9,11,13H2,1H3,(H,22,23)(H,24,26)/t18-/m0/s1. The summed E-state index contributed by atoms with van der Waals surface area (Å²) in [6.07, 6.45) is 3.72. The summed E-state index contributed by atoms with van der Waals surface area (Å²) in [6, 6.07) is 8.63. The molecule has 0 saturated carbocycles. The van der Waals surface area contributed by atoms with Gasteiger partial charge in [0.15, 0.2) is 0 Å². The number of rotatable bonds is 9. The molecule has 0 radical (unpaired) electrons. The number of benzene rings is 1. The molecule has 1 atom stereocenters. The van der Waals surface area contributed by atoms with Crippen molar-refractivity contribution in [2.75, 3.05) is 5.75 Å². The molecule has 0 unspecified atom stereocenters. The number of nitrogens with zero attached hydrogens (tertiary/aromatic N) is 1. The number of carbonyl (C=O) groups excluding carboxylic acids is 1. The van der Waals surface area contributed by atoms with Gasteiger partial charge in [-0.3, -0.25) is 4.79 Å². The second-order valence-corrected chi connectivity index (χ2v) is 8.64. The molecule has 0 bridgehead atoms. The van der Waals surface area contributed by atoms with Crippen molar-refractivity contribution >= 4 is 27.0 Å². The summed E-state index contributed by atoms with van der Waals surface area (Å²) in [5.41, 5.74) is 1.78. The summed E-state index contributed by atoms with van der Waals surface area (Å²) < 4.78 is 40.9. The van der Waals surface area contributed by atoms with Gasteiger partial charge in [-0.1, -0.05) is 25.1 Å². The topological polar surface area (TPSA) is 104 Å². The molecule has 29 heavy (non-hydrogen) atoms. The third-order valence-corrected chi connectivity index (χ3v) is 6.01. The van der Waals surface area contributed by atoms with Gasteiger partial charge in [0.25, 0.3) is 0 Å². The van der Waals surface area contributed by atoms with Gasteiger partial charge in [0.2, 0.25) is 15.9 Å². The van der Waals surface area contributed by atoms with E-state index in [2.05, 4.69) is 20.0 Å². The lowest BCUT2D eigenvalue weighted by molar-refractivity contribution is -0.122. The van der Waals surface area contributed by atoms with Crippen molar-refractivity contribution < 1.29 is 17.6 Å². The zero-order valence-electron chi connectivity index (χ0n) is 16.0. The highest BCUT2D eigenvalue weighted by atomic mass is 32.2. The van der Waals surface area contributed by atoms with Crippen molar-refractivity contribution in [1.82, 2.24) is 20.0 Å². The van der Waals surface area contributed by atoms with Crippen molar-refractivity contribution in [3.05, 3.63) is 65.7 Å². The minimum Gasteiger partial charge on any atom is -0.351 e. The molecule has 2 heterocycles. The number of amides is 1. The van der Waals surface area contributed by atoms with Crippen LogP contribution >= 0.6 is 0 Å². The van der Waals surface area contributed by atoms with Crippen LogP contribution in [0.25, 0.3) is 11.0 Å². The quantitative estimate of drug-likeness (QED) is 0.496. The van der Waals surface area contributed by atoms with Crippen molar-refractivity contribution in [2.45, 2.75) is 32.4 Å². The predicted octanol–water partition coefficient (Wildman–Crippen LogP) is 2.26. The molecular weight excluding hydrogens is 395 g/mol. The number of fused-ring (bicyclic) bond motifs is 1. The maximum atomic E-state index is 14.0. The first kappa shape index (κ1) is 20.9. The van der Waals surface area contributed by atoms with Crippen LogP contribution in [0.1, 0.15) is 24.5 Å². The summed E-state index contributed by atoms with van der Waals surface area (Å²) in [6.45, 7) is 1.91. The van der Waals surface area contributed by atoms with Crippen LogP contribution in [0.5, 0.6) is 0 Å². The minimum atomic E-state index is -3.66. The third-order valence-electron chi connectivity index (χ3n) is 4.42. The fourth-order valence-electron chi connectivity index (χ4n) is 3.01. The highest BCUT2D eigenvalue weighted by Gasteiger charge is 2.25. The van der Waals surface area contributed by atoms with E-state index in [1.54, 1.807) is 31.5 Å². The first-order valence-electron chi connectivity index (χ1n) is 9.31. The molecule has 1 amide bonds. The lowest BCUT2D eigenvalue weighted by Crippen LogP contribution is -2.48. The molecule has 0 aliphatic carbocycles. The Balaban J connectivity index is 1.74. The van der Waals surface area contributed by atoms with Crippen LogP contribution in [0.2, 0.25) is 0 Å². The number of H-pyrrole nitrogens is 1. The maximum Gasteiger partial charge on any atom is 0.238 e. The van der Waals surface area contributed by atoms with Gasteiger partial charge in [-0.15, -0.1) is 0 Å². The molecule has 0 fully saturated rings. The molecular formula is C20H23FN4O3S. The molecule has 3 aromatic rings. The Morgan fingerprint density at radius 2 is 2.07 bits per heavy atom. The number of aromatic amines is 1. The minimum absolute atomic E-state index is 0.0868. The largest absolute Gasteiger partial charge is 0.351 e. The first-order valence-corrected chi connectivity index (χ1v) is 11.0. The molecule has 0 spiro atoms. The Labute approximate surface area is 168 Å². The van der Waals surface area contributed by atoms with E-state index in [4.69, 9.17) is 0 Å². The molecule has 0 aliphatic rings. The van der Waals surface area contributed by atoms with E-state index in [0.717, 1.165) is 16.6 Å². The number of hydrogen-bond donors (Lipinski definition) is 3. The molecule has 3 N–H and O–H groups in total. The SMILES string of the molecule is CCCS(=O)(=O)N[C@@H](Cc1ccccc1F)C(=O)NCc1cnc2[nH]ccc2c1. The zero-order chi connectivity index (χ0) is 20.9. The van der Waals surface area contributed by atoms with Gasteiger partial charge in [0, 0.05) is 30.7 Å². The molecule has 2 aromatic heterocycles. The van der Waals surface area contributed by atoms with Gasteiger partial charge >= 0.3 is 0 Å². The summed E-state index contributed by atoms with van der Waals surface area (Å²) >= 11 is 0. The number of pyridine rings is 1. The average Bonchev–Trinajstić information content (AvgIpc) is 3.15. The molecule has 0 aliphatic heterocycles. The second kappa shape index (κ2) is 9.15. The Hall–Kier alpha value is -2.78. The molecule has 154 valence electrons. The third kappa shape index (κ3) is 5.61. The van der Waals surface area contributed by atoms with Crippen LogP contribution in [0, 0.1) is 5.82 Å². The van der Waals surface area contributed by atoms with Crippen LogP contribution in [0.4, 0.5) is 4.39 Å². The van der Waals surface area contributed by atoms with Gasteiger partial charge in [0.05, 0.1) is 5.75 Å². The average molecular weight is 418 g/mol. The molecule has 1 aromatic carbocycles. The number of carbonyl (C=O) groups is 1. The number of halogens is 1. The predicted molar refractivity (Wildman–Crippen MR) is 109 cm³/mol. The van der Waals surface area contributed by atoms with Gasteiger partial charge in [-0.05, 0) is 35.7 Å². The molecule has 0 saturated heterocycles. The van der Waals surface area contributed by atoms with E-state index >= 15 is 0 Å². The summed E-state index contributed by atoms with van der Waals surface area (Å²) in [5.74, 6) is -1.12. The van der Waals surface area contributed by atoms with Crippen LogP contribution in [0.15, 0.2) is 48.8 Å². The number of sulfonamides is 1. The smallest absolute Gasteiger partial charge is 0.238 e. The molecule has 7 nitrogen and oxygen atoms in total. The van der Waals surface area contributed by atoms with Gasteiger partial charge < -0.3 is 10.3 Å². The normalized spacial score (nSPS) is 12.8. The lowest BCUT2D eigenvalue weighted by Gasteiger charge is -2.19. The fraction of sp³-hybridized carbons (Fsp3) is 0.300. The highest BCUT2D eigenvalue weighted by Crippen LogP contribution is 2.13. The zero-order valence-corrected chi connectivity index (χ0v) is 16.8. The highest BCUT2D eigenvalue weighted by molar-refractivity contribution is 7.89. The molecule has 3 rings (SSSR count). The van der Waals surface area contributed by atoms with Crippen molar-refractivity contribution in [3.63, 3.8) is 0 Å². The number of nitrogens with one attached hydrogen (secondary N) is 3. The first-order chi connectivity index (χ1) is 13.9. The summed E-state index contributed by atoms with van der Waals surface area (Å²) in [4.78, 5) is 20.0. The van der Waals surface area contributed by atoms with E-state index < -0.39 is 27.8 Å². The van der Waals surface area contributed by atoms with Gasteiger partial charge in [-0.2, -0.15) is 0 Å². The van der Waals surface area contributed by atoms with E-state index in [0.29, 0.717) is 6.42 Å². The van der Waals surface area contributed by atoms with E-state index in [9.17, 15) is 17.6 Å². The van der Waals surface area contributed by atoms with Crippen LogP contribution in [-0.2, 0) is 27.8 Å².